The summed E-state index contributed by atoms with van der Waals surface area (Å²) >= 11 is 1.53. The van der Waals surface area contributed by atoms with E-state index < -0.39 is 5.97 Å². The first-order valence-corrected chi connectivity index (χ1v) is 6.00. The highest BCUT2D eigenvalue weighted by Crippen LogP contribution is 2.34. The molecule has 84 valence electrons. The Morgan fingerprint density at radius 3 is 2.88 bits per heavy atom. The number of thiophene rings is 1. The highest BCUT2D eigenvalue weighted by atomic mass is 32.1. The number of carboxylic acids is 1. The second-order valence-corrected chi connectivity index (χ2v) is 4.93. The van der Waals surface area contributed by atoms with Crippen LogP contribution in [0.25, 0.3) is 20.3 Å². The van der Waals surface area contributed by atoms with Crippen molar-refractivity contribution >= 4 is 37.6 Å². The highest BCUT2D eigenvalue weighted by Gasteiger charge is 2.15. The fraction of sp³-hybridized carbons (Fsp3) is 0.0769. The average molecular weight is 243 g/mol. The Morgan fingerprint density at radius 2 is 2.12 bits per heavy atom. The molecule has 0 fully saturated rings. The molecule has 0 spiro atoms. The van der Waals surface area contributed by atoms with Gasteiger partial charge in [0.2, 0.25) is 0 Å². The van der Waals surface area contributed by atoms with E-state index in [0.717, 1.165) is 26.0 Å². The number of hydrogen-bond donors (Lipinski definition) is 1. The third-order valence-electron chi connectivity index (χ3n) is 2.71. The van der Waals surface area contributed by atoms with Crippen LogP contribution in [0.5, 0.6) is 0 Å². The van der Waals surface area contributed by atoms with Crippen LogP contribution in [-0.2, 0) is 0 Å². The van der Waals surface area contributed by atoms with Crippen LogP contribution in [0.1, 0.15) is 16.1 Å². The van der Waals surface area contributed by atoms with E-state index in [0.29, 0.717) is 5.56 Å². The van der Waals surface area contributed by atoms with Gasteiger partial charge in [0.1, 0.15) is 4.83 Å². The van der Waals surface area contributed by atoms with Crippen molar-refractivity contribution in [3.05, 3.63) is 41.6 Å². The summed E-state index contributed by atoms with van der Waals surface area (Å²) in [5.41, 5.74) is 1.08. The molecular formula is C13H9NO2S. The Labute approximate surface area is 101 Å². The topological polar surface area (TPSA) is 50.2 Å². The van der Waals surface area contributed by atoms with Crippen molar-refractivity contribution in [3.63, 3.8) is 0 Å². The lowest BCUT2D eigenvalue weighted by Gasteiger charge is -1.99. The van der Waals surface area contributed by atoms with E-state index in [1.165, 1.54) is 11.3 Å². The molecule has 3 aromatic rings. The molecule has 0 radical (unpaired) electrons. The molecule has 0 unspecified atom stereocenters. The van der Waals surface area contributed by atoms with E-state index in [4.69, 9.17) is 0 Å². The number of aromatic nitrogens is 1. The van der Waals surface area contributed by atoms with Crippen molar-refractivity contribution in [3.8, 4) is 0 Å². The van der Waals surface area contributed by atoms with Crippen LogP contribution in [0.4, 0.5) is 0 Å². The van der Waals surface area contributed by atoms with Gasteiger partial charge in [0, 0.05) is 21.2 Å². The predicted octanol–water partition coefficient (Wildman–Crippen LogP) is 3.46. The SMILES string of the molecule is Cc1cc(C(=O)O)c2c(n1)sc1ccccc12. The van der Waals surface area contributed by atoms with Crippen molar-refractivity contribution in [2.75, 3.05) is 0 Å². The fourth-order valence-electron chi connectivity index (χ4n) is 2.01. The van der Waals surface area contributed by atoms with Crippen LogP contribution >= 0.6 is 11.3 Å². The zero-order chi connectivity index (χ0) is 12.0. The Hall–Kier alpha value is -1.94. The number of hydrogen-bond acceptors (Lipinski definition) is 3. The molecule has 0 bridgehead atoms. The van der Waals surface area contributed by atoms with Crippen LogP contribution < -0.4 is 0 Å². The zero-order valence-corrected chi connectivity index (χ0v) is 9.91. The maximum Gasteiger partial charge on any atom is 0.336 e. The van der Waals surface area contributed by atoms with Crippen LogP contribution in [0.3, 0.4) is 0 Å². The maximum absolute atomic E-state index is 11.3. The van der Waals surface area contributed by atoms with Gasteiger partial charge in [-0.25, -0.2) is 9.78 Å². The van der Waals surface area contributed by atoms with Gasteiger partial charge < -0.3 is 5.11 Å². The largest absolute Gasteiger partial charge is 0.478 e. The number of carboxylic acid groups (broad SMARTS) is 1. The average Bonchev–Trinajstić information content (AvgIpc) is 2.65. The third kappa shape index (κ3) is 1.49. The Balaban J connectivity index is 2.58. The summed E-state index contributed by atoms with van der Waals surface area (Å²) in [6.45, 7) is 1.82. The molecule has 0 amide bonds. The van der Waals surface area contributed by atoms with Crippen LogP contribution in [0.2, 0.25) is 0 Å². The summed E-state index contributed by atoms with van der Waals surface area (Å²) in [4.78, 5) is 16.5. The lowest BCUT2D eigenvalue weighted by atomic mass is 10.1. The van der Waals surface area contributed by atoms with Gasteiger partial charge in [-0.15, -0.1) is 11.3 Å². The number of carbonyl (C=O) groups is 1. The van der Waals surface area contributed by atoms with Crippen molar-refractivity contribution in [1.82, 2.24) is 4.98 Å². The number of aromatic carboxylic acids is 1. The molecular weight excluding hydrogens is 234 g/mol. The molecule has 4 heteroatoms. The Kier molecular flexibility index (Phi) is 2.12. The zero-order valence-electron chi connectivity index (χ0n) is 9.10. The first-order valence-electron chi connectivity index (χ1n) is 5.19. The molecule has 0 aliphatic carbocycles. The lowest BCUT2D eigenvalue weighted by molar-refractivity contribution is 0.0699. The Bertz CT molecular complexity index is 746. The van der Waals surface area contributed by atoms with Gasteiger partial charge >= 0.3 is 5.97 Å². The number of benzene rings is 1. The quantitative estimate of drug-likeness (QED) is 0.712. The minimum atomic E-state index is -0.899. The minimum absolute atomic E-state index is 0.338. The van der Waals surface area contributed by atoms with E-state index in [9.17, 15) is 9.90 Å². The van der Waals surface area contributed by atoms with Gasteiger partial charge in [0.15, 0.2) is 0 Å². The molecule has 1 N–H and O–H groups in total. The highest BCUT2D eigenvalue weighted by molar-refractivity contribution is 7.25. The van der Waals surface area contributed by atoms with Gasteiger partial charge in [-0.05, 0) is 19.1 Å². The van der Waals surface area contributed by atoms with E-state index in [2.05, 4.69) is 4.98 Å². The van der Waals surface area contributed by atoms with Crippen LogP contribution in [0.15, 0.2) is 30.3 Å². The van der Waals surface area contributed by atoms with Crippen molar-refractivity contribution in [2.45, 2.75) is 6.92 Å². The third-order valence-corrected chi connectivity index (χ3v) is 3.77. The second-order valence-electron chi connectivity index (χ2n) is 3.89. The van der Waals surface area contributed by atoms with E-state index in [1.54, 1.807) is 6.07 Å². The smallest absolute Gasteiger partial charge is 0.336 e. The second kappa shape index (κ2) is 3.53. The summed E-state index contributed by atoms with van der Waals surface area (Å²) in [7, 11) is 0. The number of nitrogens with zero attached hydrogens (tertiary/aromatic N) is 1. The van der Waals surface area contributed by atoms with E-state index in [-0.39, 0.29) is 0 Å². The van der Waals surface area contributed by atoms with Crippen molar-refractivity contribution < 1.29 is 9.90 Å². The van der Waals surface area contributed by atoms with Gasteiger partial charge in [0.25, 0.3) is 0 Å². The number of fused-ring (bicyclic) bond motifs is 3. The first-order chi connectivity index (χ1) is 8.16. The molecule has 0 aliphatic heterocycles. The lowest BCUT2D eigenvalue weighted by Crippen LogP contribution is -1.98. The molecule has 1 aromatic carbocycles. The van der Waals surface area contributed by atoms with Crippen LogP contribution in [-0.4, -0.2) is 16.1 Å². The molecule has 2 heterocycles. The number of rotatable bonds is 1. The van der Waals surface area contributed by atoms with Crippen molar-refractivity contribution in [1.29, 1.82) is 0 Å². The fourth-order valence-corrected chi connectivity index (χ4v) is 3.16. The van der Waals surface area contributed by atoms with Gasteiger partial charge in [0.05, 0.1) is 5.56 Å². The molecule has 3 rings (SSSR count). The van der Waals surface area contributed by atoms with Crippen molar-refractivity contribution in [2.24, 2.45) is 0 Å². The molecule has 2 aromatic heterocycles. The molecule has 0 atom stereocenters. The Morgan fingerprint density at radius 1 is 1.35 bits per heavy atom. The van der Waals surface area contributed by atoms with Gasteiger partial charge in [-0.1, -0.05) is 18.2 Å². The molecule has 0 saturated carbocycles. The summed E-state index contributed by atoms with van der Waals surface area (Å²) in [6.07, 6.45) is 0. The minimum Gasteiger partial charge on any atom is -0.478 e. The molecule has 17 heavy (non-hydrogen) atoms. The maximum atomic E-state index is 11.3. The summed E-state index contributed by atoms with van der Waals surface area (Å²) in [6, 6.07) is 9.43. The standard InChI is InChI=1S/C13H9NO2S/c1-7-6-9(13(15)16)11-8-4-2-3-5-10(8)17-12(11)14-7/h2-6H,1H3,(H,15,16). The van der Waals surface area contributed by atoms with Crippen LogP contribution in [0, 0.1) is 6.92 Å². The summed E-state index contributed by atoms with van der Waals surface area (Å²) in [5, 5.41) is 11.0. The normalized spacial score (nSPS) is 11.1. The van der Waals surface area contributed by atoms with E-state index >= 15 is 0 Å². The predicted molar refractivity (Wildman–Crippen MR) is 68.8 cm³/mol. The summed E-state index contributed by atoms with van der Waals surface area (Å²) < 4.78 is 1.07. The molecule has 0 aliphatic rings. The van der Waals surface area contributed by atoms with Gasteiger partial charge in [-0.2, -0.15) is 0 Å². The van der Waals surface area contributed by atoms with E-state index in [1.807, 2.05) is 31.2 Å². The molecule has 3 nitrogen and oxygen atoms in total. The number of aryl methyl sites for hydroxylation is 1. The molecule has 0 saturated heterocycles. The first kappa shape index (κ1) is 10.2. The summed E-state index contributed by atoms with van der Waals surface area (Å²) in [5.74, 6) is -0.899. The monoisotopic (exact) mass is 243 g/mol. The van der Waals surface area contributed by atoms with Gasteiger partial charge in [-0.3, -0.25) is 0 Å². The number of pyridine rings is 1.